The molecule has 4 rings (SSSR count). The van der Waals surface area contributed by atoms with Crippen LogP contribution in [0.4, 0.5) is 5.69 Å². The maximum atomic E-state index is 12.9. The lowest BCUT2D eigenvalue weighted by Gasteiger charge is -2.33. The van der Waals surface area contributed by atoms with Crippen LogP contribution < -0.4 is 14.4 Å². The summed E-state index contributed by atoms with van der Waals surface area (Å²) in [6.45, 7) is 7.30. The molecule has 1 aliphatic rings. The van der Waals surface area contributed by atoms with Gasteiger partial charge >= 0.3 is 0 Å². The monoisotopic (exact) mass is 450 g/mol. The lowest BCUT2D eigenvalue weighted by atomic mass is 10.1. The van der Waals surface area contributed by atoms with Gasteiger partial charge in [-0.2, -0.15) is 0 Å². The summed E-state index contributed by atoms with van der Waals surface area (Å²) >= 11 is 1.69. The highest BCUT2D eigenvalue weighted by molar-refractivity contribution is 7.09. The summed E-state index contributed by atoms with van der Waals surface area (Å²) in [5.41, 5.74) is 4.02. The van der Waals surface area contributed by atoms with Crippen LogP contribution in [0.15, 0.2) is 47.8 Å². The van der Waals surface area contributed by atoms with Crippen LogP contribution in [0.2, 0.25) is 0 Å². The Morgan fingerprint density at radius 3 is 2.75 bits per heavy atom. The summed E-state index contributed by atoms with van der Waals surface area (Å²) in [6.07, 6.45) is 3.32. The Kier molecular flexibility index (Phi) is 7.10. The van der Waals surface area contributed by atoms with Crippen molar-refractivity contribution in [3.05, 3.63) is 58.4 Å². The summed E-state index contributed by atoms with van der Waals surface area (Å²) in [5, 5.41) is 3.24. The van der Waals surface area contributed by atoms with E-state index in [1.54, 1.807) is 11.3 Å². The molecule has 1 aliphatic heterocycles. The molecule has 1 unspecified atom stereocenters. The SMILES string of the molecule is CCCc1nc(-c2ccc3c(c2)N(CCCCOc2ccc(C)cc2)C(=O)C(C)O3)cs1. The van der Waals surface area contributed by atoms with Crippen LogP contribution in [0, 0.1) is 6.92 Å². The topological polar surface area (TPSA) is 51.7 Å². The number of hydrogen-bond donors (Lipinski definition) is 0. The average molecular weight is 451 g/mol. The van der Waals surface area contributed by atoms with Gasteiger partial charge in [0.15, 0.2) is 6.10 Å². The normalized spacial score (nSPS) is 15.4. The number of benzene rings is 2. The van der Waals surface area contributed by atoms with E-state index < -0.39 is 6.10 Å². The number of fused-ring (bicyclic) bond motifs is 1. The number of thiazole rings is 1. The Bertz CT molecular complexity index is 1060. The second-order valence-corrected chi connectivity index (χ2v) is 9.12. The predicted octanol–water partition coefficient (Wildman–Crippen LogP) is 6.04. The number of carbonyl (C=O) groups excluding carboxylic acids is 1. The van der Waals surface area contributed by atoms with Gasteiger partial charge in [-0.3, -0.25) is 4.79 Å². The van der Waals surface area contributed by atoms with E-state index in [1.807, 2.05) is 54.3 Å². The van der Waals surface area contributed by atoms with Crippen LogP contribution >= 0.6 is 11.3 Å². The molecule has 1 amide bonds. The minimum absolute atomic E-state index is 0.000877. The second-order valence-electron chi connectivity index (χ2n) is 8.18. The van der Waals surface area contributed by atoms with Gasteiger partial charge in [0.25, 0.3) is 5.91 Å². The van der Waals surface area contributed by atoms with Crippen molar-refractivity contribution >= 4 is 22.9 Å². The third kappa shape index (κ3) is 5.13. The molecule has 0 saturated heterocycles. The van der Waals surface area contributed by atoms with Gasteiger partial charge in [-0.05, 0) is 69.9 Å². The summed E-state index contributed by atoms with van der Waals surface area (Å²) in [5.74, 6) is 1.63. The minimum Gasteiger partial charge on any atom is -0.494 e. The Morgan fingerprint density at radius 1 is 1.16 bits per heavy atom. The van der Waals surface area contributed by atoms with Crippen LogP contribution in [-0.2, 0) is 11.2 Å². The van der Waals surface area contributed by atoms with Crippen molar-refractivity contribution in [3.63, 3.8) is 0 Å². The molecule has 0 radical (unpaired) electrons. The first kappa shape index (κ1) is 22.3. The van der Waals surface area contributed by atoms with E-state index in [2.05, 4.69) is 19.2 Å². The lowest BCUT2D eigenvalue weighted by molar-refractivity contribution is -0.125. The number of aryl methyl sites for hydroxylation is 2. The molecular formula is C26H30N2O3S. The third-order valence-corrected chi connectivity index (χ3v) is 6.45. The molecular weight excluding hydrogens is 420 g/mol. The zero-order valence-corrected chi connectivity index (χ0v) is 19.8. The van der Waals surface area contributed by atoms with Crippen molar-refractivity contribution < 1.29 is 14.3 Å². The van der Waals surface area contributed by atoms with Crippen molar-refractivity contribution in [1.82, 2.24) is 4.98 Å². The maximum absolute atomic E-state index is 12.9. The Morgan fingerprint density at radius 2 is 1.97 bits per heavy atom. The third-order valence-electron chi connectivity index (χ3n) is 5.54. The van der Waals surface area contributed by atoms with Crippen LogP contribution in [0.25, 0.3) is 11.3 Å². The molecule has 0 aliphatic carbocycles. The van der Waals surface area contributed by atoms with E-state index in [4.69, 9.17) is 14.5 Å². The Balaban J connectivity index is 1.42. The van der Waals surface area contributed by atoms with Crippen molar-refractivity contribution in [2.45, 2.75) is 52.6 Å². The number of ether oxygens (including phenoxy) is 2. The summed E-state index contributed by atoms with van der Waals surface area (Å²) in [7, 11) is 0. The largest absolute Gasteiger partial charge is 0.494 e. The highest BCUT2D eigenvalue weighted by Gasteiger charge is 2.31. The van der Waals surface area contributed by atoms with Gasteiger partial charge in [-0.15, -0.1) is 11.3 Å². The van der Waals surface area contributed by atoms with E-state index in [-0.39, 0.29) is 5.91 Å². The van der Waals surface area contributed by atoms with Gasteiger partial charge in [0, 0.05) is 17.5 Å². The molecule has 0 spiro atoms. The number of rotatable bonds is 9. The fourth-order valence-corrected chi connectivity index (χ4v) is 4.68. The molecule has 2 heterocycles. The van der Waals surface area contributed by atoms with Gasteiger partial charge in [-0.1, -0.05) is 24.6 Å². The number of nitrogens with zero attached hydrogens (tertiary/aromatic N) is 2. The van der Waals surface area contributed by atoms with E-state index in [0.717, 1.165) is 59.1 Å². The van der Waals surface area contributed by atoms with Crippen LogP contribution in [0.3, 0.4) is 0 Å². The second kappa shape index (κ2) is 10.2. The van der Waals surface area contributed by atoms with Gasteiger partial charge < -0.3 is 14.4 Å². The van der Waals surface area contributed by atoms with Crippen LogP contribution in [-0.4, -0.2) is 30.1 Å². The number of amides is 1. The lowest BCUT2D eigenvalue weighted by Crippen LogP contribution is -2.45. The highest BCUT2D eigenvalue weighted by Crippen LogP contribution is 2.38. The molecule has 32 heavy (non-hydrogen) atoms. The summed E-state index contributed by atoms with van der Waals surface area (Å²) in [4.78, 5) is 19.5. The number of anilines is 1. The first-order valence-corrected chi connectivity index (χ1v) is 12.2. The van der Waals surface area contributed by atoms with Gasteiger partial charge in [0.1, 0.15) is 11.5 Å². The van der Waals surface area contributed by atoms with Gasteiger partial charge in [0.05, 0.1) is 23.0 Å². The molecule has 6 heteroatoms. The molecule has 1 atom stereocenters. The summed E-state index contributed by atoms with van der Waals surface area (Å²) < 4.78 is 11.7. The Hall–Kier alpha value is -2.86. The molecule has 0 N–H and O–H groups in total. The maximum Gasteiger partial charge on any atom is 0.267 e. The van der Waals surface area contributed by atoms with E-state index in [9.17, 15) is 4.79 Å². The number of unbranched alkanes of at least 4 members (excludes halogenated alkanes) is 1. The smallest absolute Gasteiger partial charge is 0.267 e. The van der Waals surface area contributed by atoms with Crippen LogP contribution in [0.5, 0.6) is 11.5 Å². The van der Waals surface area contributed by atoms with Gasteiger partial charge in [-0.25, -0.2) is 4.98 Å². The van der Waals surface area contributed by atoms with Crippen molar-refractivity contribution in [3.8, 4) is 22.8 Å². The Labute approximate surface area is 194 Å². The molecule has 0 saturated carbocycles. The number of carbonyl (C=O) groups is 1. The number of hydrogen-bond acceptors (Lipinski definition) is 5. The quantitative estimate of drug-likeness (QED) is 0.373. The molecule has 5 nitrogen and oxygen atoms in total. The molecule has 1 aromatic heterocycles. The van der Waals surface area contributed by atoms with E-state index in [0.29, 0.717) is 13.2 Å². The van der Waals surface area contributed by atoms with Crippen molar-refractivity contribution in [1.29, 1.82) is 0 Å². The van der Waals surface area contributed by atoms with E-state index in [1.165, 1.54) is 5.56 Å². The molecule has 168 valence electrons. The van der Waals surface area contributed by atoms with Gasteiger partial charge in [0.2, 0.25) is 0 Å². The first-order valence-electron chi connectivity index (χ1n) is 11.3. The van der Waals surface area contributed by atoms with Crippen LogP contribution in [0.1, 0.15) is 43.7 Å². The first-order chi connectivity index (χ1) is 15.5. The number of aromatic nitrogens is 1. The van der Waals surface area contributed by atoms with Crippen molar-refractivity contribution in [2.75, 3.05) is 18.1 Å². The fraction of sp³-hybridized carbons (Fsp3) is 0.385. The minimum atomic E-state index is -0.479. The molecule has 3 aromatic rings. The van der Waals surface area contributed by atoms with Crippen molar-refractivity contribution in [2.24, 2.45) is 0 Å². The highest BCUT2D eigenvalue weighted by atomic mass is 32.1. The fourth-order valence-electron chi connectivity index (χ4n) is 3.77. The molecule has 0 bridgehead atoms. The molecule has 2 aromatic carbocycles. The zero-order chi connectivity index (χ0) is 22.5. The summed E-state index contributed by atoms with van der Waals surface area (Å²) in [6, 6.07) is 14.1. The standard InChI is InChI=1S/C26H30N2O3S/c1-4-7-25-27-22(17-32-25)20-10-13-24-23(16-20)28(26(29)19(3)31-24)14-5-6-15-30-21-11-8-18(2)9-12-21/h8-13,16-17,19H,4-7,14-15H2,1-3H3. The average Bonchev–Trinajstić information content (AvgIpc) is 3.26. The molecule has 0 fully saturated rings. The predicted molar refractivity (Wildman–Crippen MR) is 130 cm³/mol. The zero-order valence-electron chi connectivity index (χ0n) is 19.0. The van der Waals surface area contributed by atoms with E-state index >= 15 is 0 Å².